The molecule has 714 valence electrons. The summed E-state index contributed by atoms with van der Waals surface area (Å²) in [6.45, 7) is 67.2. The summed E-state index contributed by atoms with van der Waals surface area (Å²) in [5, 5.41) is 18.5. The van der Waals surface area contributed by atoms with Crippen LogP contribution in [0.3, 0.4) is 0 Å². The number of ketones is 7. The summed E-state index contributed by atoms with van der Waals surface area (Å²) in [5.41, 5.74) is 23.7. The molecule has 19 rings (SSSR count). The number of aliphatic hydroxyl groups excluding tert-OH is 2. The van der Waals surface area contributed by atoms with Crippen molar-refractivity contribution in [3.63, 3.8) is 0 Å². The lowest BCUT2D eigenvalue weighted by Gasteiger charge is -2.19. The van der Waals surface area contributed by atoms with Crippen molar-refractivity contribution in [1.82, 2.24) is 0 Å². The first kappa shape index (κ1) is 123. The van der Waals surface area contributed by atoms with Crippen LogP contribution in [0.2, 0.25) is 0 Å². The Hall–Kier alpha value is -11.4. The molecule has 0 fully saturated rings. The normalized spacial score (nSPS) is 15.9. The molecule has 10 aromatic carbocycles. The Kier molecular flexibility index (Phi) is 66.3. The molecule has 9 heteroatoms. The minimum absolute atomic E-state index is 0.0457. The lowest BCUT2D eigenvalue weighted by atomic mass is 9.84. The summed E-state index contributed by atoms with van der Waals surface area (Å²) < 4.78 is 0. The van der Waals surface area contributed by atoms with Crippen molar-refractivity contribution in [2.75, 3.05) is 0 Å². The number of allylic oxidation sites excluding steroid dienone is 3. The molecule has 0 aliphatic heterocycles. The molecule has 0 heterocycles. The number of Topliss-reactive ketones (excluding diaryl/α,β-unsaturated/α-hetero) is 7. The van der Waals surface area contributed by atoms with Crippen LogP contribution in [0.4, 0.5) is 0 Å². The molecule has 2 N–H and O–H groups in total. The van der Waals surface area contributed by atoms with Crippen molar-refractivity contribution < 1.29 is 43.8 Å². The van der Waals surface area contributed by atoms with E-state index in [-0.39, 0.29) is 52.7 Å². The second-order valence-electron chi connectivity index (χ2n) is 30.2. The summed E-state index contributed by atoms with van der Waals surface area (Å²) >= 11 is 0. The van der Waals surface area contributed by atoms with Gasteiger partial charge in [0.05, 0.1) is 12.0 Å². The highest BCUT2D eigenvalue weighted by Gasteiger charge is 2.35. The molecule has 5 unspecified atom stereocenters. The molecule has 9 aliphatic carbocycles. The predicted octanol–water partition coefficient (Wildman–Crippen LogP) is 33.8. The van der Waals surface area contributed by atoms with Gasteiger partial charge in [-0.3, -0.25) is 33.6 Å². The number of rotatable bonds is 1. The smallest absolute Gasteiger partial charge is 0.189 e. The molecular formula is C123H168O9. The number of carbonyl (C=O) groups is 7. The van der Waals surface area contributed by atoms with Crippen LogP contribution in [0.1, 0.15) is 372 Å². The van der Waals surface area contributed by atoms with Crippen LogP contribution < -0.4 is 0 Å². The molecule has 9 nitrogen and oxygen atoms in total. The maximum atomic E-state index is 11.8. The maximum absolute atomic E-state index is 11.8. The van der Waals surface area contributed by atoms with Gasteiger partial charge in [-0.1, -0.05) is 460 Å². The molecule has 132 heavy (non-hydrogen) atoms. The van der Waals surface area contributed by atoms with Crippen molar-refractivity contribution in [3.05, 3.63) is 384 Å². The van der Waals surface area contributed by atoms with E-state index in [1.165, 1.54) is 51.8 Å². The van der Waals surface area contributed by atoms with Gasteiger partial charge in [-0.2, -0.15) is 0 Å². The van der Waals surface area contributed by atoms with Crippen molar-refractivity contribution in [1.29, 1.82) is 0 Å². The number of aryl methyl sites for hydroxylation is 2. The standard InChI is InChI=1S/C12H14O.C11H12O.C10H8O2.C10H12O.C10H10O.2C10H8O.C10H12.C10H10.C8H8O.11C2H6/c1-9-5-4-7-10-6-2-3-8-11(10)12(9)13;1-8-6-7-9-4-2-3-5-10(9)11(8)12;1-6-9(11)7-4-2-3-5-8(7)10(6)12;4*1-7-6-8-4-2-3-5-9(8)10(7)11;2*1-8-6-9-4-2-3-5-10(9)7-8;1-7(9)8-5-3-2-4-6-8;11*1-2/h2-3,6,8-9H,4-5,7H2,1H3;2-5,8H,6-7H2,1H3;2-6H,1H3;2-5,7,10-11H,6H2,1H3;2-5,7H,6H2,1H3;2-6H,1H3;2-5H,1,6H2;2-5,8H,6-7H2,1H3;2-6H,7H2,1H3;2-6,9H,1H2;11*1-2H3. The lowest BCUT2D eigenvalue weighted by Crippen LogP contribution is -2.19. The molecule has 0 amide bonds. The Morgan fingerprint density at radius 2 is 0.667 bits per heavy atom. The van der Waals surface area contributed by atoms with E-state index in [0.29, 0.717) is 40.0 Å². The summed E-state index contributed by atoms with van der Waals surface area (Å²) in [6, 6.07) is 80.8. The average molecular weight is 1790 g/mol. The Morgan fingerprint density at radius 3 is 1.10 bits per heavy atom. The molecule has 0 saturated carbocycles. The Balaban J connectivity index is 0. The van der Waals surface area contributed by atoms with Crippen LogP contribution >= 0.6 is 0 Å². The first-order valence-corrected chi connectivity index (χ1v) is 49.6. The van der Waals surface area contributed by atoms with Crippen molar-refractivity contribution in [2.45, 2.75) is 284 Å². The highest BCUT2D eigenvalue weighted by Crippen LogP contribution is 2.36. The van der Waals surface area contributed by atoms with Gasteiger partial charge < -0.3 is 10.2 Å². The fourth-order valence-corrected chi connectivity index (χ4v) is 15.2. The van der Waals surface area contributed by atoms with E-state index in [9.17, 15) is 38.7 Å². The third kappa shape index (κ3) is 38.4. The SMILES string of the molecule is C=C(O)c1ccccc1.C=C1Cc2ccccc2C1=O.CC.CC.CC.CC.CC.CC.CC.CC.CC.CC.CC.CC1=Cc2ccccc2C1.CC1=Cc2ccccc2C1=O.CC1C(=O)c2ccccc2C1=O.CC1CCCc2ccccc2C1=O.CC1CCc2ccccc2C1=O.CC1Cc2ccccc2C1.CC1Cc2ccccc2C1=O.CC1Cc2ccccc2C1O. The first-order valence-electron chi connectivity index (χ1n) is 49.6. The fourth-order valence-electron chi connectivity index (χ4n) is 15.2. The monoisotopic (exact) mass is 1790 g/mol. The van der Waals surface area contributed by atoms with E-state index in [2.05, 4.69) is 107 Å². The summed E-state index contributed by atoms with van der Waals surface area (Å²) in [4.78, 5) is 80.2. The molecule has 10 aromatic rings. The Morgan fingerprint density at radius 1 is 0.311 bits per heavy atom. The van der Waals surface area contributed by atoms with Crippen LogP contribution in [-0.2, 0) is 51.4 Å². The molecule has 5 atom stereocenters. The van der Waals surface area contributed by atoms with E-state index in [4.69, 9.17) is 5.11 Å². The third-order valence-corrected chi connectivity index (χ3v) is 21.6. The number of carbonyl (C=O) groups excluding carboxylic acids is 7. The van der Waals surface area contributed by atoms with Crippen LogP contribution in [0.5, 0.6) is 0 Å². The van der Waals surface area contributed by atoms with Gasteiger partial charge in [-0.05, 0) is 175 Å². The third-order valence-electron chi connectivity index (χ3n) is 21.6. The molecule has 0 spiro atoms. The first-order chi connectivity index (χ1) is 64.0. The van der Waals surface area contributed by atoms with E-state index in [1.807, 2.05) is 344 Å². The van der Waals surface area contributed by atoms with Gasteiger partial charge in [-0.25, -0.2) is 0 Å². The van der Waals surface area contributed by atoms with E-state index >= 15 is 0 Å². The Labute approximate surface area is 801 Å². The average Bonchev–Trinajstić information content (AvgIpc) is 1.57. The van der Waals surface area contributed by atoms with E-state index in [1.54, 1.807) is 42.3 Å². The van der Waals surface area contributed by atoms with Gasteiger partial charge in [0.25, 0.3) is 0 Å². The molecule has 0 radical (unpaired) electrons. The van der Waals surface area contributed by atoms with Gasteiger partial charge in [0.2, 0.25) is 0 Å². The topological polar surface area (TPSA) is 160 Å². The van der Waals surface area contributed by atoms with Crippen LogP contribution in [-0.4, -0.2) is 50.7 Å². The predicted molar refractivity (Wildman–Crippen MR) is 571 cm³/mol. The van der Waals surface area contributed by atoms with Gasteiger partial charge in [0, 0.05) is 68.7 Å². The highest BCUT2D eigenvalue weighted by atomic mass is 16.3. The quantitative estimate of drug-likeness (QED) is 0.0706. The largest absolute Gasteiger partial charge is 0.508 e. The molecule has 9 aliphatic rings. The molecule has 0 aromatic heterocycles. The van der Waals surface area contributed by atoms with Crippen LogP contribution in [0, 0.1) is 35.5 Å². The van der Waals surface area contributed by atoms with Gasteiger partial charge in [0.1, 0.15) is 5.76 Å². The summed E-state index contributed by atoms with van der Waals surface area (Å²) in [7, 11) is 0. The van der Waals surface area contributed by atoms with Crippen LogP contribution in [0.25, 0.3) is 17.9 Å². The van der Waals surface area contributed by atoms with Crippen LogP contribution in [0.15, 0.2) is 279 Å². The zero-order valence-electron chi connectivity index (χ0n) is 86.8. The van der Waals surface area contributed by atoms with Gasteiger partial charge in [0.15, 0.2) is 40.5 Å². The number of benzene rings is 10. The number of hydrogen-bond donors (Lipinski definition) is 2. The minimum atomic E-state index is -0.470. The number of hydrogen-bond acceptors (Lipinski definition) is 9. The maximum Gasteiger partial charge on any atom is 0.189 e. The minimum Gasteiger partial charge on any atom is -0.508 e. The molecule has 0 saturated heterocycles. The molecular weight excluding hydrogens is 1620 g/mol. The summed E-state index contributed by atoms with van der Waals surface area (Å²) in [6.07, 6.45) is 15.7. The Bertz CT molecular complexity index is 5010. The number of fused-ring (bicyclic) bond motifs is 9. The van der Waals surface area contributed by atoms with Gasteiger partial charge in [-0.15, -0.1) is 0 Å². The van der Waals surface area contributed by atoms with E-state index in [0.717, 1.165) is 119 Å². The van der Waals surface area contributed by atoms with E-state index < -0.39 is 5.92 Å². The second kappa shape index (κ2) is 71.3. The van der Waals surface area contributed by atoms with Gasteiger partial charge >= 0.3 is 0 Å². The zero-order valence-corrected chi connectivity index (χ0v) is 86.8. The second-order valence-corrected chi connectivity index (χ2v) is 30.2. The zero-order chi connectivity index (χ0) is 101. The highest BCUT2D eigenvalue weighted by molar-refractivity contribution is 6.26. The van der Waals surface area contributed by atoms with Crippen molar-refractivity contribution >= 4 is 58.4 Å². The lowest BCUT2D eigenvalue weighted by molar-refractivity contribution is 0.0847. The fraction of sp³-hybridized carbons (Fsp3) is 0.390. The number of aliphatic hydroxyl groups is 2. The molecule has 0 bridgehead atoms. The summed E-state index contributed by atoms with van der Waals surface area (Å²) in [5.74, 6) is 2.69. The van der Waals surface area contributed by atoms with Crippen molar-refractivity contribution in [3.8, 4) is 0 Å². The van der Waals surface area contributed by atoms with Crippen molar-refractivity contribution in [2.24, 2.45) is 35.5 Å².